The molecule has 0 amide bonds. The van der Waals surface area contributed by atoms with E-state index in [-0.39, 0.29) is 5.43 Å². The van der Waals surface area contributed by atoms with E-state index >= 15 is 0 Å². The van der Waals surface area contributed by atoms with Gasteiger partial charge in [0.05, 0.1) is 17.7 Å². The molecule has 6 heteroatoms. The smallest absolute Gasteiger partial charge is 0.215 e. The van der Waals surface area contributed by atoms with Gasteiger partial charge in [-0.2, -0.15) is 5.10 Å². The van der Waals surface area contributed by atoms with Gasteiger partial charge in [0.1, 0.15) is 5.52 Å². The van der Waals surface area contributed by atoms with E-state index in [1.807, 2.05) is 0 Å². The molecular weight excluding hydrogens is 258 g/mol. The number of rotatable bonds is 2. The molecule has 2 heterocycles. The molecule has 0 atom stereocenters. The largest absolute Gasteiger partial charge is 0.545 e. The van der Waals surface area contributed by atoms with Crippen LogP contribution in [-0.2, 0) is 11.8 Å². The first-order chi connectivity index (χ1) is 9.56. The summed E-state index contributed by atoms with van der Waals surface area (Å²) in [7, 11) is 1.70. The molecule has 3 rings (SSSR count). The quantitative estimate of drug-likeness (QED) is 0.671. The van der Waals surface area contributed by atoms with Crippen LogP contribution in [0.5, 0.6) is 0 Å². The molecule has 3 aromatic rings. The van der Waals surface area contributed by atoms with Gasteiger partial charge >= 0.3 is 0 Å². The second kappa shape index (κ2) is 4.34. The van der Waals surface area contributed by atoms with Crippen LogP contribution in [0.4, 0.5) is 0 Å². The number of aliphatic carboxylic acids is 1. The molecule has 0 saturated heterocycles. The Bertz CT molecular complexity index is 918. The van der Waals surface area contributed by atoms with Crippen molar-refractivity contribution in [2.45, 2.75) is 0 Å². The van der Waals surface area contributed by atoms with Crippen molar-refractivity contribution in [3.8, 4) is 0 Å². The number of carboxylic acid groups (broad SMARTS) is 1. The summed E-state index contributed by atoms with van der Waals surface area (Å²) in [5.74, 6) is -1.28. The lowest BCUT2D eigenvalue weighted by atomic mass is 10.1. The fourth-order valence-electron chi connectivity index (χ4n) is 2.20. The van der Waals surface area contributed by atoms with Gasteiger partial charge in [0.25, 0.3) is 0 Å². The first-order valence-corrected chi connectivity index (χ1v) is 5.93. The molecule has 0 aliphatic carbocycles. The standard InChI is InChI=1S/C14H11N3O3/c1-17-13-11(7-15-17)16-10-4-2-8(3-5-12(18)19)6-9(10)14(13)20/h2-7H,1H3,(H,16,20)(H,18,19)/p-1/b5-3+. The number of carboxylic acids is 1. The zero-order valence-electron chi connectivity index (χ0n) is 10.6. The number of benzene rings is 1. The number of aryl methyl sites for hydroxylation is 1. The lowest BCUT2D eigenvalue weighted by molar-refractivity contribution is -0.297. The Morgan fingerprint density at radius 1 is 1.40 bits per heavy atom. The molecule has 0 unspecified atom stereocenters. The van der Waals surface area contributed by atoms with Gasteiger partial charge in [-0.1, -0.05) is 12.1 Å². The van der Waals surface area contributed by atoms with Gasteiger partial charge in [-0.15, -0.1) is 0 Å². The van der Waals surface area contributed by atoms with Crippen molar-refractivity contribution < 1.29 is 9.90 Å². The van der Waals surface area contributed by atoms with Crippen LogP contribution >= 0.6 is 0 Å². The predicted molar refractivity (Wildman–Crippen MR) is 72.9 cm³/mol. The number of aromatic amines is 1. The second-order valence-electron chi connectivity index (χ2n) is 4.44. The average Bonchev–Trinajstić information content (AvgIpc) is 2.78. The van der Waals surface area contributed by atoms with Crippen molar-refractivity contribution in [1.82, 2.24) is 14.8 Å². The number of carbonyl (C=O) groups excluding carboxylic acids is 1. The maximum Gasteiger partial charge on any atom is 0.215 e. The van der Waals surface area contributed by atoms with Crippen molar-refractivity contribution in [2.24, 2.45) is 7.05 Å². The van der Waals surface area contributed by atoms with Crippen molar-refractivity contribution >= 4 is 34.0 Å². The third-order valence-electron chi connectivity index (χ3n) is 3.12. The number of pyridine rings is 1. The fraction of sp³-hybridized carbons (Fsp3) is 0.0714. The van der Waals surface area contributed by atoms with Crippen LogP contribution in [0, 0.1) is 0 Å². The summed E-state index contributed by atoms with van der Waals surface area (Å²) in [6, 6.07) is 5.10. The van der Waals surface area contributed by atoms with Gasteiger partial charge < -0.3 is 14.9 Å². The number of aromatic nitrogens is 3. The zero-order chi connectivity index (χ0) is 14.3. The number of hydrogen-bond acceptors (Lipinski definition) is 4. The molecule has 20 heavy (non-hydrogen) atoms. The third kappa shape index (κ3) is 1.87. The van der Waals surface area contributed by atoms with Gasteiger partial charge in [0.15, 0.2) is 0 Å². The Morgan fingerprint density at radius 3 is 2.95 bits per heavy atom. The van der Waals surface area contributed by atoms with Crippen LogP contribution in [0.3, 0.4) is 0 Å². The molecule has 0 aliphatic rings. The minimum Gasteiger partial charge on any atom is -0.545 e. The Hall–Kier alpha value is -2.89. The second-order valence-corrected chi connectivity index (χ2v) is 4.44. The van der Waals surface area contributed by atoms with Crippen LogP contribution < -0.4 is 10.5 Å². The Kier molecular flexibility index (Phi) is 2.64. The SMILES string of the molecule is Cn1ncc2[nH]c3ccc(/C=C/C(=O)[O-])cc3c(=O)c21. The van der Waals surface area contributed by atoms with Crippen molar-refractivity contribution in [1.29, 1.82) is 0 Å². The molecule has 1 aromatic carbocycles. The lowest BCUT2D eigenvalue weighted by Gasteiger charge is -2.02. The van der Waals surface area contributed by atoms with Crippen molar-refractivity contribution in [2.75, 3.05) is 0 Å². The van der Waals surface area contributed by atoms with Gasteiger partial charge in [0.2, 0.25) is 5.43 Å². The van der Waals surface area contributed by atoms with E-state index in [4.69, 9.17) is 0 Å². The maximum absolute atomic E-state index is 12.4. The summed E-state index contributed by atoms with van der Waals surface area (Å²) in [5.41, 5.74) is 2.31. The van der Waals surface area contributed by atoms with Crippen LogP contribution in [0.15, 0.2) is 35.3 Å². The number of H-pyrrole nitrogens is 1. The summed E-state index contributed by atoms with van der Waals surface area (Å²) in [6.07, 6.45) is 3.92. The van der Waals surface area contributed by atoms with Gasteiger partial charge in [0, 0.05) is 18.0 Å². The minimum atomic E-state index is -1.28. The molecule has 100 valence electrons. The molecule has 2 aromatic heterocycles. The maximum atomic E-state index is 12.4. The number of nitrogens with zero attached hydrogens (tertiary/aromatic N) is 2. The highest BCUT2D eigenvalue weighted by atomic mass is 16.4. The van der Waals surface area contributed by atoms with Crippen LogP contribution in [0.1, 0.15) is 5.56 Å². The van der Waals surface area contributed by atoms with E-state index < -0.39 is 5.97 Å². The number of fused-ring (bicyclic) bond motifs is 2. The molecule has 0 bridgehead atoms. The van der Waals surface area contributed by atoms with E-state index in [1.54, 1.807) is 31.4 Å². The van der Waals surface area contributed by atoms with Crippen LogP contribution in [0.2, 0.25) is 0 Å². The highest BCUT2D eigenvalue weighted by Gasteiger charge is 2.09. The molecule has 0 fully saturated rings. The van der Waals surface area contributed by atoms with Crippen molar-refractivity contribution in [3.63, 3.8) is 0 Å². The normalized spacial score (nSPS) is 11.7. The number of carbonyl (C=O) groups is 1. The van der Waals surface area contributed by atoms with E-state index in [9.17, 15) is 14.7 Å². The number of hydrogen-bond donors (Lipinski definition) is 1. The molecular formula is C14H10N3O3-. The van der Waals surface area contributed by atoms with E-state index in [0.29, 0.717) is 27.5 Å². The Balaban J connectivity index is 2.30. The molecule has 6 nitrogen and oxygen atoms in total. The van der Waals surface area contributed by atoms with E-state index in [1.165, 1.54) is 10.8 Å². The van der Waals surface area contributed by atoms with Gasteiger partial charge in [-0.05, 0) is 23.8 Å². The molecule has 1 N–H and O–H groups in total. The monoisotopic (exact) mass is 268 g/mol. The first-order valence-electron chi connectivity index (χ1n) is 5.93. The average molecular weight is 268 g/mol. The van der Waals surface area contributed by atoms with Gasteiger partial charge in [-0.25, -0.2) is 0 Å². The molecule has 0 spiro atoms. The minimum absolute atomic E-state index is 0.141. The summed E-state index contributed by atoms with van der Waals surface area (Å²) in [6.45, 7) is 0. The fourth-order valence-corrected chi connectivity index (χ4v) is 2.20. The van der Waals surface area contributed by atoms with E-state index in [0.717, 1.165) is 6.08 Å². The van der Waals surface area contributed by atoms with E-state index in [2.05, 4.69) is 10.1 Å². The highest BCUT2D eigenvalue weighted by molar-refractivity contribution is 5.92. The lowest BCUT2D eigenvalue weighted by Crippen LogP contribution is -2.18. The Morgan fingerprint density at radius 2 is 2.20 bits per heavy atom. The summed E-state index contributed by atoms with van der Waals surface area (Å²) in [4.78, 5) is 26.0. The molecule has 0 saturated carbocycles. The topological polar surface area (TPSA) is 90.8 Å². The van der Waals surface area contributed by atoms with Crippen LogP contribution in [0.25, 0.3) is 28.0 Å². The molecule has 0 aliphatic heterocycles. The predicted octanol–water partition coefficient (Wildman–Crippen LogP) is 0.178. The first kappa shape index (κ1) is 12.2. The van der Waals surface area contributed by atoms with Crippen molar-refractivity contribution in [3.05, 3.63) is 46.3 Å². The summed E-state index contributed by atoms with van der Waals surface area (Å²) in [5, 5.41) is 14.9. The molecule has 0 radical (unpaired) electrons. The van der Waals surface area contributed by atoms with Gasteiger partial charge in [-0.3, -0.25) is 9.48 Å². The highest BCUT2D eigenvalue weighted by Crippen LogP contribution is 2.16. The number of nitrogens with one attached hydrogen (secondary N) is 1. The zero-order valence-corrected chi connectivity index (χ0v) is 10.6. The summed E-state index contributed by atoms with van der Waals surface area (Å²) >= 11 is 0. The summed E-state index contributed by atoms with van der Waals surface area (Å²) < 4.78 is 1.51. The van der Waals surface area contributed by atoms with Crippen LogP contribution in [-0.4, -0.2) is 20.7 Å². The third-order valence-corrected chi connectivity index (χ3v) is 3.12. The Labute approximate surface area is 113 Å².